The summed E-state index contributed by atoms with van der Waals surface area (Å²) in [4.78, 5) is 12.8. The Morgan fingerprint density at radius 2 is 1.58 bits per heavy atom. The molecule has 130 valence electrons. The van der Waals surface area contributed by atoms with Gasteiger partial charge in [0.15, 0.2) is 0 Å². The number of rotatable bonds is 5. The molecule has 0 saturated heterocycles. The van der Waals surface area contributed by atoms with Crippen LogP contribution in [-0.2, 0) is 4.79 Å². The maximum Gasteiger partial charge on any atom is 0.256 e. The first-order valence-electron chi connectivity index (χ1n) is 8.14. The lowest BCUT2D eigenvalue weighted by Gasteiger charge is -2.10. The number of hydrogen-bond donors (Lipinski definition) is 1. The highest BCUT2D eigenvalue weighted by atomic mass is 19.1. The summed E-state index contributed by atoms with van der Waals surface area (Å²) in [6, 6.07) is 22.5. The molecule has 26 heavy (non-hydrogen) atoms. The molecule has 0 saturated carbocycles. The summed E-state index contributed by atoms with van der Waals surface area (Å²) < 4.78 is 18.2. The molecule has 0 aromatic heterocycles. The Kier molecular flexibility index (Phi) is 5.44. The molecule has 0 bridgehead atoms. The second-order valence-corrected chi connectivity index (χ2v) is 5.66. The van der Waals surface area contributed by atoms with Gasteiger partial charge in [-0.2, -0.15) is 0 Å². The lowest BCUT2D eigenvalue weighted by molar-refractivity contribution is -0.111. The highest BCUT2D eigenvalue weighted by Gasteiger charge is 2.12. The van der Waals surface area contributed by atoms with Crippen LogP contribution in [0.5, 0.6) is 5.75 Å². The maximum atomic E-state index is 13.1. The van der Waals surface area contributed by atoms with E-state index >= 15 is 0 Å². The zero-order valence-electron chi connectivity index (χ0n) is 14.3. The summed E-state index contributed by atoms with van der Waals surface area (Å²) in [7, 11) is 1.61. The minimum Gasteiger partial charge on any atom is -0.497 e. The van der Waals surface area contributed by atoms with Gasteiger partial charge in [0.1, 0.15) is 11.6 Å². The van der Waals surface area contributed by atoms with Gasteiger partial charge < -0.3 is 10.1 Å². The van der Waals surface area contributed by atoms with E-state index in [4.69, 9.17) is 4.74 Å². The molecule has 0 unspecified atom stereocenters. The molecule has 0 fully saturated rings. The molecule has 3 aromatic carbocycles. The number of carbonyl (C=O) groups excluding carboxylic acids is 1. The zero-order valence-corrected chi connectivity index (χ0v) is 14.3. The molecule has 4 heteroatoms. The fourth-order valence-corrected chi connectivity index (χ4v) is 2.50. The van der Waals surface area contributed by atoms with Crippen molar-refractivity contribution in [3.8, 4) is 5.75 Å². The van der Waals surface area contributed by atoms with Crippen LogP contribution < -0.4 is 10.1 Å². The number of ether oxygens (including phenoxy) is 1. The molecular formula is C22H18FNO2. The maximum absolute atomic E-state index is 13.1. The minimum absolute atomic E-state index is 0.265. The topological polar surface area (TPSA) is 38.3 Å². The van der Waals surface area contributed by atoms with E-state index in [0.29, 0.717) is 11.3 Å². The molecule has 0 spiro atoms. The van der Waals surface area contributed by atoms with E-state index in [-0.39, 0.29) is 11.7 Å². The Labute approximate surface area is 151 Å². The molecule has 1 N–H and O–H groups in total. The van der Waals surface area contributed by atoms with E-state index in [9.17, 15) is 9.18 Å². The van der Waals surface area contributed by atoms with Crippen LogP contribution in [0.4, 0.5) is 10.1 Å². The van der Waals surface area contributed by atoms with E-state index in [2.05, 4.69) is 5.32 Å². The van der Waals surface area contributed by atoms with Crippen LogP contribution in [0.3, 0.4) is 0 Å². The fourth-order valence-electron chi connectivity index (χ4n) is 2.50. The van der Waals surface area contributed by atoms with Crippen LogP contribution in [0.15, 0.2) is 78.9 Å². The summed E-state index contributed by atoms with van der Waals surface area (Å²) in [5.41, 5.74) is 2.72. The minimum atomic E-state index is -0.347. The van der Waals surface area contributed by atoms with Crippen LogP contribution in [0.1, 0.15) is 11.1 Å². The van der Waals surface area contributed by atoms with Crippen molar-refractivity contribution in [1.29, 1.82) is 0 Å². The van der Waals surface area contributed by atoms with E-state index in [0.717, 1.165) is 16.9 Å². The Balaban J connectivity index is 1.93. The molecule has 0 aliphatic heterocycles. The van der Waals surface area contributed by atoms with Crippen LogP contribution >= 0.6 is 0 Å². The number of anilines is 1. The van der Waals surface area contributed by atoms with Gasteiger partial charge in [0.25, 0.3) is 5.91 Å². The van der Waals surface area contributed by atoms with Gasteiger partial charge in [-0.1, -0.05) is 42.5 Å². The van der Waals surface area contributed by atoms with Crippen LogP contribution in [-0.4, -0.2) is 13.0 Å². The first-order valence-corrected chi connectivity index (χ1v) is 8.14. The van der Waals surface area contributed by atoms with Gasteiger partial charge >= 0.3 is 0 Å². The van der Waals surface area contributed by atoms with E-state index < -0.39 is 0 Å². The molecule has 1 amide bonds. The SMILES string of the molecule is COc1ccc(/C=C(\C(=O)Nc2ccc(F)cc2)c2ccccc2)cc1. The Morgan fingerprint density at radius 3 is 2.19 bits per heavy atom. The molecule has 0 aliphatic carbocycles. The quantitative estimate of drug-likeness (QED) is 0.520. The summed E-state index contributed by atoms with van der Waals surface area (Å²) in [5, 5.41) is 2.81. The Bertz CT molecular complexity index is 901. The largest absolute Gasteiger partial charge is 0.497 e. The first kappa shape index (κ1) is 17.4. The Morgan fingerprint density at radius 1 is 0.923 bits per heavy atom. The monoisotopic (exact) mass is 347 g/mol. The van der Waals surface area contributed by atoms with Crippen LogP contribution in [0.2, 0.25) is 0 Å². The van der Waals surface area contributed by atoms with Gasteiger partial charge in [-0.05, 0) is 53.6 Å². The fraction of sp³-hybridized carbons (Fsp3) is 0.0455. The third-order valence-corrected chi connectivity index (χ3v) is 3.86. The summed E-state index contributed by atoms with van der Waals surface area (Å²) in [6.07, 6.45) is 1.81. The van der Waals surface area contributed by atoms with Crippen molar-refractivity contribution in [2.75, 3.05) is 12.4 Å². The number of methoxy groups -OCH3 is 1. The Hall–Kier alpha value is -3.40. The van der Waals surface area contributed by atoms with Gasteiger partial charge in [-0.15, -0.1) is 0 Å². The number of carbonyl (C=O) groups is 1. The molecular weight excluding hydrogens is 329 g/mol. The molecule has 3 rings (SSSR count). The molecule has 3 nitrogen and oxygen atoms in total. The number of amides is 1. The van der Waals surface area contributed by atoms with Gasteiger partial charge in [0.2, 0.25) is 0 Å². The van der Waals surface area contributed by atoms with Crippen molar-refractivity contribution in [2.45, 2.75) is 0 Å². The summed E-state index contributed by atoms with van der Waals surface area (Å²) >= 11 is 0. The second kappa shape index (κ2) is 8.12. The second-order valence-electron chi connectivity index (χ2n) is 5.66. The van der Waals surface area contributed by atoms with Crippen molar-refractivity contribution in [1.82, 2.24) is 0 Å². The molecule has 0 aliphatic rings. The van der Waals surface area contributed by atoms with Gasteiger partial charge in [0.05, 0.1) is 7.11 Å². The number of benzene rings is 3. The predicted octanol–water partition coefficient (Wildman–Crippen LogP) is 5.01. The highest BCUT2D eigenvalue weighted by molar-refractivity contribution is 6.29. The predicted molar refractivity (Wildman–Crippen MR) is 102 cm³/mol. The molecule has 0 heterocycles. The van der Waals surface area contributed by atoms with E-state index in [1.807, 2.05) is 60.7 Å². The third-order valence-electron chi connectivity index (χ3n) is 3.86. The van der Waals surface area contributed by atoms with Crippen LogP contribution in [0.25, 0.3) is 11.6 Å². The lowest BCUT2D eigenvalue weighted by Crippen LogP contribution is -2.13. The average Bonchev–Trinajstić information content (AvgIpc) is 2.69. The summed E-state index contributed by atoms with van der Waals surface area (Å²) in [6.45, 7) is 0. The smallest absolute Gasteiger partial charge is 0.256 e. The van der Waals surface area contributed by atoms with Crippen molar-refractivity contribution < 1.29 is 13.9 Å². The van der Waals surface area contributed by atoms with Crippen molar-refractivity contribution >= 4 is 23.2 Å². The number of halogens is 1. The van der Waals surface area contributed by atoms with Gasteiger partial charge in [-0.3, -0.25) is 4.79 Å². The molecule has 0 radical (unpaired) electrons. The number of nitrogens with one attached hydrogen (secondary N) is 1. The third kappa shape index (κ3) is 4.36. The van der Waals surface area contributed by atoms with Crippen molar-refractivity contribution in [3.05, 3.63) is 95.8 Å². The number of hydrogen-bond acceptors (Lipinski definition) is 2. The standard InChI is InChI=1S/C22H18FNO2/c1-26-20-13-7-16(8-14-20)15-21(17-5-3-2-4-6-17)22(25)24-19-11-9-18(23)10-12-19/h2-15H,1H3,(H,24,25)/b21-15-. The average molecular weight is 347 g/mol. The highest BCUT2D eigenvalue weighted by Crippen LogP contribution is 2.22. The normalized spacial score (nSPS) is 11.1. The zero-order chi connectivity index (χ0) is 18.4. The van der Waals surface area contributed by atoms with Gasteiger partial charge in [-0.25, -0.2) is 4.39 Å². The molecule has 3 aromatic rings. The van der Waals surface area contributed by atoms with E-state index in [1.54, 1.807) is 7.11 Å². The van der Waals surface area contributed by atoms with E-state index in [1.165, 1.54) is 24.3 Å². The first-order chi connectivity index (χ1) is 12.7. The molecule has 0 atom stereocenters. The lowest BCUT2D eigenvalue weighted by atomic mass is 10.0. The van der Waals surface area contributed by atoms with Gasteiger partial charge in [0, 0.05) is 11.3 Å². The van der Waals surface area contributed by atoms with Crippen molar-refractivity contribution in [3.63, 3.8) is 0 Å². The van der Waals surface area contributed by atoms with Crippen LogP contribution in [0, 0.1) is 5.82 Å². The summed E-state index contributed by atoms with van der Waals surface area (Å²) in [5.74, 6) is 0.137. The van der Waals surface area contributed by atoms with Crippen molar-refractivity contribution in [2.24, 2.45) is 0 Å².